The summed E-state index contributed by atoms with van der Waals surface area (Å²) in [6.07, 6.45) is 6.79. The first-order valence-corrected chi connectivity index (χ1v) is 13.2. The molecular weight excluding hydrogens is 558 g/mol. The maximum absolute atomic E-state index is 13.4. The molecular formula is C31H34BrN3O4. The third kappa shape index (κ3) is 5.30. The summed E-state index contributed by atoms with van der Waals surface area (Å²) in [7, 11) is 0. The number of primary amides is 1. The van der Waals surface area contributed by atoms with E-state index in [2.05, 4.69) is 22.3 Å². The summed E-state index contributed by atoms with van der Waals surface area (Å²) < 4.78 is 15.1. The lowest BCUT2D eigenvalue weighted by molar-refractivity contribution is -0.695. The molecule has 1 fully saturated rings. The molecule has 2 atom stereocenters. The maximum atomic E-state index is 13.4. The molecule has 0 bridgehead atoms. The Balaban J connectivity index is 0.00000353. The fraction of sp³-hybridized carbons (Fsp3) is 0.323. The Morgan fingerprint density at radius 1 is 1.03 bits per heavy atom. The monoisotopic (exact) mass is 591 g/mol. The Bertz CT molecular complexity index is 1370. The van der Waals surface area contributed by atoms with Crippen molar-refractivity contribution in [3.8, 4) is 0 Å². The van der Waals surface area contributed by atoms with E-state index in [-0.39, 0.29) is 40.6 Å². The molecule has 0 saturated heterocycles. The van der Waals surface area contributed by atoms with Crippen LogP contribution in [0.15, 0.2) is 89.6 Å². The van der Waals surface area contributed by atoms with Gasteiger partial charge in [-0.05, 0) is 55.4 Å². The van der Waals surface area contributed by atoms with Gasteiger partial charge < -0.3 is 31.9 Å². The van der Waals surface area contributed by atoms with Gasteiger partial charge in [0.2, 0.25) is 11.7 Å². The first-order chi connectivity index (χ1) is 18.4. The number of aromatic nitrogens is 2. The summed E-state index contributed by atoms with van der Waals surface area (Å²) >= 11 is 0. The highest BCUT2D eigenvalue weighted by molar-refractivity contribution is 5.91. The summed E-state index contributed by atoms with van der Waals surface area (Å²) in [5, 5.41) is 0. The number of amides is 1. The molecule has 1 saturated carbocycles. The Kier molecular flexibility index (Phi) is 8.75. The summed E-state index contributed by atoms with van der Waals surface area (Å²) in [5.74, 6) is 1.27. The van der Waals surface area contributed by atoms with Crippen molar-refractivity contribution >= 4 is 11.9 Å². The summed E-state index contributed by atoms with van der Waals surface area (Å²) in [5.41, 5.74) is 7.26. The van der Waals surface area contributed by atoms with Gasteiger partial charge in [0.1, 0.15) is 36.2 Å². The van der Waals surface area contributed by atoms with Crippen LogP contribution >= 0.6 is 0 Å². The smallest absolute Gasteiger partial charge is 0.374 e. The standard InChI is InChI=1S/C31H33N3O4.BrH/c1-3-37-29(35)28-17-16-27(38-28)21-33-18-19-34(22(33)2)26-15-14-25(20-26)31(30(32)36,23-10-6-4-7-11-23)24-12-8-5-9-13-24;/h4-13,16-19,25-26H,3,14-15,20-21H2,1-2H3,(H-,32,36);1H/t25-,26+;/m0./s1. The molecule has 0 radical (unpaired) electrons. The molecule has 1 amide bonds. The van der Waals surface area contributed by atoms with Gasteiger partial charge in [0.25, 0.3) is 5.82 Å². The fourth-order valence-corrected chi connectivity index (χ4v) is 6.14. The van der Waals surface area contributed by atoms with Gasteiger partial charge in [-0.1, -0.05) is 60.7 Å². The summed E-state index contributed by atoms with van der Waals surface area (Å²) in [6.45, 7) is 4.66. The number of carbonyl (C=O) groups is 2. The first kappa shape index (κ1) is 28.4. The van der Waals surface area contributed by atoms with E-state index in [1.165, 1.54) is 0 Å². The van der Waals surface area contributed by atoms with Gasteiger partial charge in [0.05, 0.1) is 6.61 Å². The zero-order valence-corrected chi connectivity index (χ0v) is 23.8. The summed E-state index contributed by atoms with van der Waals surface area (Å²) in [4.78, 5) is 25.3. The number of nitrogens with zero attached hydrogens (tertiary/aromatic N) is 2. The van der Waals surface area contributed by atoms with Gasteiger partial charge in [-0.3, -0.25) is 4.79 Å². The minimum Gasteiger partial charge on any atom is -1.00 e. The fourth-order valence-electron chi connectivity index (χ4n) is 6.14. The molecule has 2 heterocycles. The number of carbonyl (C=O) groups excluding carboxylic acids is 2. The van der Waals surface area contributed by atoms with Crippen molar-refractivity contribution in [1.29, 1.82) is 0 Å². The largest absolute Gasteiger partial charge is 1.00 e. The lowest BCUT2D eigenvalue weighted by Gasteiger charge is -2.37. The highest BCUT2D eigenvalue weighted by Gasteiger charge is 2.51. The number of esters is 1. The van der Waals surface area contributed by atoms with E-state index in [0.29, 0.717) is 18.9 Å². The van der Waals surface area contributed by atoms with E-state index in [9.17, 15) is 9.59 Å². The van der Waals surface area contributed by atoms with Crippen LogP contribution in [0.3, 0.4) is 0 Å². The first-order valence-electron chi connectivity index (χ1n) is 13.2. The molecule has 8 heteroatoms. The van der Waals surface area contributed by atoms with Crippen molar-refractivity contribution in [3.05, 3.63) is 114 Å². The highest BCUT2D eigenvalue weighted by atomic mass is 79.9. The number of rotatable bonds is 9. The van der Waals surface area contributed by atoms with Crippen LogP contribution in [0.4, 0.5) is 0 Å². The second-order valence-corrected chi connectivity index (χ2v) is 9.94. The lowest BCUT2D eigenvalue weighted by Crippen LogP contribution is -3.00. The van der Waals surface area contributed by atoms with E-state index in [4.69, 9.17) is 14.9 Å². The molecule has 4 aromatic rings. The Morgan fingerprint density at radius 3 is 2.26 bits per heavy atom. The quantitative estimate of drug-likeness (QED) is 0.237. The molecule has 204 valence electrons. The number of hydrogen-bond acceptors (Lipinski definition) is 4. The predicted molar refractivity (Wildman–Crippen MR) is 142 cm³/mol. The van der Waals surface area contributed by atoms with Crippen molar-refractivity contribution < 1.29 is 40.3 Å². The maximum Gasteiger partial charge on any atom is 0.374 e. The van der Waals surface area contributed by atoms with E-state index < -0.39 is 11.4 Å². The van der Waals surface area contributed by atoms with Gasteiger partial charge in [0.15, 0.2) is 0 Å². The number of halogens is 1. The Morgan fingerprint density at radius 2 is 1.67 bits per heavy atom. The number of hydrogen-bond donors (Lipinski definition) is 1. The second-order valence-electron chi connectivity index (χ2n) is 9.94. The van der Waals surface area contributed by atoms with Crippen LogP contribution in [0.25, 0.3) is 0 Å². The topological polar surface area (TPSA) is 91.3 Å². The van der Waals surface area contributed by atoms with Crippen LogP contribution in [0.1, 0.15) is 65.5 Å². The molecule has 1 aliphatic rings. The molecule has 2 N–H and O–H groups in total. The Hall–Kier alpha value is -3.65. The van der Waals surface area contributed by atoms with Crippen molar-refractivity contribution in [2.45, 2.75) is 51.1 Å². The van der Waals surface area contributed by atoms with Crippen LogP contribution in [0, 0.1) is 12.8 Å². The highest BCUT2D eigenvalue weighted by Crippen LogP contribution is 2.49. The minimum atomic E-state index is -0.897. The molecule has 7 nitrogen and oxygen atoms in total. The van der Waals surface area contributed by atoms with Crippen LogP contribution in [-0.2, 0) is 21.5 Å². The van der Waals surface area contributed by atoms with Gasteiger partial charge in [0, 0.05) is 6.92 Å². The lowest BCUT2D eigenvalue weighted by atomic mass is 9.64. The number of imidazole rings is 1. The number of benzene rings is 2. The minimum absolute atomic E-state index is 0. The average molecular weight is 593 g/mol. The van der Waals surface area contributed by atoms with Crippen LogP contribution in [-0.4, -0.2) is 23.1 Å². The van der Waals surface area contributed by atoms with E-state index >= 15 is 0 Å². The van der Waals surface area contributed by atoms with E-state index in [0.717, 1.165) is 36.2 Å². The van der Waals surface area contributed by atoms with Crippen LogP contribution in [0.5, 0.6) is 0 Å². The molecule has 5 rings (SSSR count). The average Bonchev–Trinajstić information content (AvgIpc) is 3.68. The SMILES string of the molecule is CCOC(=O)c1ccc(C[n+]2ccn([C@@H]3CC[C@H](C(C(N)=O)(c4ccccc4)c4ccccc4)C3)c2C)o1.[Br-]. The molecule has 39 heavy (non-hydrogen) atoms. The van der Waals surface area contributed by atoms with Crippen LogP contribution < -0.4 is 27.3 Å². The Labute approximate surface area is 239 Å². The van der Waals surface area contributed by atoms with Crippen molar-refractivity contribution in [2.75, 3.05) is 6.61 Å². The van der Waals surface area contributed by atoms with Gasteiger partial charge >= 0.3 is 5.97 Å². The van der Waals surface area contributed by atoms with Gasteiger partial charge in [-0.2, -0.15) is 0 Å². The number of furan rings is 1. The molecule has 1 aliphatic carbocycles. The molecule has 0 aliphatic heterocycles. The zero-order chi connectivity index (χ0) is 26.7. The molecule has 2 aromatic heterocycles. The van der Waals surface area contributed by atoms with Crippen molar-refractivity contribution in [3.63, 3.8) is 0 Å². The molecule has 0 spiro atoms. The normalized spacial score (nSPS) is 17.0. The molecule has 0 unspecified atom stereocenters. The van der Waals surface area contributed by atoms with Crippen molar-refractivity contribution in [2.24, 2.45) is 11.7 Å². The summed E-state index contributed by atoms with van der Waals surface area (Å²) in [6, 6.07) is 23.6. The third-order valence-electron chi connectivity index (χ3n) is 7.92. The van der Waals surface area contributed by atoms with Gasteiger partial charge in [-0.15, -0.1) is 0 Å². The second kappa shape index (κ2) is 12.0. The van der Waals surface area contributed by atoms with Crippen molar-refractivity contribution in [1.82, 2.24) is 4.57 Å². The van der Waals surface area contributed by atoms with E-state index in [1.54, 1.807) is 13.0 Å². The number of ether oxygens (including phenoxy) is 1. The zero-order valence-electron chi connectivity index (χ0n) is 22.3. The van der Waals surface area contributed by atoms with Crippen LogP contribution in [0.2, 0.25) is 0 Å². The van der Waals surface area contributed by atoms with E-state index in [1.807, 2.05) is 72.9 Å². The molecule has 2 aromatic carbocycles. The third-order valence-corrected chi connectivity index (χ3v) is 7.92. The van der Waals surface area contributed by atoms with Gasteiger partial charge in [-0.25, -0.2) is 13.9 Å². The number of nitrogens with two attached hydrogens (primary N) is 1. The predicted octanol–water partition coefficient (Wildman–Crippen LogP) is 1.72.